The molecule has 0 radical (unpaired) electrons. The molecule has 0 bridgehead atoms. The van der Waals surface area contributed by atoms with Crippen LogP contribution in [0.15, 0.2) is 6.07 Å². The summed E-state index contributed by atoms with van der Waals surface area (Å²) in [6.07, 6.45) is 3.52. The summed E-state index contributed by atoms with van der Waals surface area (Å²) in [5, 5.41) is 0. The number of thiophene rings is 1. The first-order valence-corrected chi connectivity index (χ1v) is 5.00. The van der Waals surface area contributed by atoms with E-state index in [-0.39, 0.29) is 0 Å². The van der Waals surface area contributed by atoms with Crippen LogP contribution >= 0.6 is 11.3 Å². The van der Waals surface area contributed by atoms with Crippen LogP contribution in [-0.4, -0.2) is 0 Å². The quantitative estimate of drug-likeness (QED) is 0.682. The van der Waals surface area contributed by atoms with Crippen LogP contribution in [0.5, 0.6) is 0 Å². The van der Waals surface area contributed by atoms with E-state index in [1.54, 1.807) is 0 Å². The SMILES string of the molecule is CCc1cc2c(s1)C(N)CC2. The predicted molar refractivity (Wildman–Crippen MR) is 48.9 cm³/mol. The van der Waals surface area contributed by atoms with Crippen molar-refractivity contribution >= 4 is 11.3 Å². The molecule has 0 fully saturated rings. The number of hydrogen-bond donors (Lipinski definition) is 1. The molecule has 1 aliphatic rings. The Morgan fingerprint density at radius 1 is 1.73 bits per heavy atom. The Morgan fingerprint density at radius 3 is 3.18 bits per heavy atom. The fraction of sp³-hybridized carbons (Fsp3) is 0.556. The summed E-state index contributed by atoms with van der Waals surface area (Å²) in [5.41, 5.74) is 7.44. The monoisotopic (exact) mass is 167 g/mol. The van der Waals surface area contributed by atoms with Crippen LogP contribution in [0.25, 0.3) is 0 Å². The van der Waals surface area contributed by atoms with E-state index in [4.69, 9.17) is 5.73 Å². The maximum Gasteiger partial charge on any atom is 0.0395 e. The van der Waals surface area contributed by atoms with E-state index in [1.807, 2.05) is 11.3 Å². The van der Waals surface area contributed by atoms with Gasteiger partial charge >= 0.3 is 0 Å². The Morgan fingerprint density at radius 2 is 2.55 bits per heavy atom. The normalized spacial score (nSPS) is 22.2. The Kier molecular flexibility index (Phi) is 1.74. The van der Waals surface area contributed by atoms with Crippen molar-refractivity contribution < 1.29 is 0 Å². The van der Waals surface area contributed by atoms with E-state index in [0.29, 0.717) is 6.04 Å². The second kappa shape index (κ2) is 2.61. The van der Waals surface area contributed by atoms with Crippen molar-refractivity contribution in [1.29, 1.82) is 0 Å². The van der Waals surface area contributed by atoms with Crippen LogP contribution in [0.3, 0.4) is 0 Å². The van der Waals surface area contributed by atoms with Gasteiger partial charge in [-0.2, -0.15) is 0 Å². The highest BCUT2D eigenvalue weighted by atomic mass is 32.1. The minimum atomic E-state index is 0.343. The first kappa shape index (κ1) is 7.32. The molecule has 1 heterocycles. The van der Waals surface area contributed by atoms with Gasteiger partial charge in [-0.25, -0.2) is 0 Å². The van der Waals surface area contributed by atoms with Crippen LogP contribution in [0.4, 0.5) is 0 Å². The summed E-state index contributed by atoms with van der Waals surface area (Å²) in [6, 6.07) is 2.67. The number of fused-ring (bicyclic) bond motifs is 1. The number of rotatable bonds is 1. The highest BCUT2D eigenvalue weighted by Gasteiger charge is 2.21. The lowest BCUT2D eigenvalue weighted by Gasteiger charge is -1.98. The third-order valence-electron chi connectivity index (χ3n) is 2.30. The van der Waals surface area contributed by atoms with E-state index in [0.717, 1.165) is 12.8 Å². The average molecular weight is 167 g/mol. The Balaban J connectivity index is 2.38. The Labute approximate surface area is 71.2 Å². The van der Waals surface area contributed by atoms with Crippen molar-refractivity contribution in [2.24, 2.45) is 5.73 Å². The minimum absolute atomic E-state index is 0.343. The van der Waals surface area contributed by atoms with Crippen LogP contribution in [-0.2, 0) is 12.8 Å². The molecule has 0 saturated heterocycles. The van der Waals surface area contributed by atoms with Gasteiger partial charge in [0, 0.05) is 15.8 Å². The second-order valence-electron chi connectivity index (χ2n) is 3.10. The summed E-state index contributed by atoms with van der Waals surface area (Å²) in [4.78, 5) is 2.94. The molecule has 60 valence electrons. The van der Waals surface area contributed by atoms with Gasteiger partial charge in [0.05, 0.1) is 0 Å². The van der Waals surface area contributed by atoms with E-state index in [9.17, 15) is 0 Å². The zero-order chi connectivity index (χ0) is 7.84. The first-order chi connectivity index (χ1) is 5.31. The molecule has 2 heteroatoms. The topological polar surface area (TPSA) is 26.0 Å². The van der Waals surface area contributed by atoms with Gasteiger partial charge in [-0.15, -0.1) is 11.3 Å². The van der Waals surface area contributed by atoms with Crippen molar-refractivity contribution in [1.82, 2.24) is 0 Å². The highest BCUT2D eigenvalue weighted by molar-refractivity contribution is 7.12. The lowest BCUT2D eigenvalue weighted by atomic mass is 10.2. The molecule has 1 atom stereocenters. The standard InChI is InChI=1S/C9H13NS/c1-2-7-5-6-3-4-8(10)9(6)11-7/h5,8H,2-4,10H2,1H3. The smallest absolute Gasteiger partial charge is 0.0395 e. The minimum Gasteiger partial charge on any atom is -0.323 e. The van der Waals surface area contributed by atoms with Crippen molar-refractivity contribution in [3.05, 3.63) is 21.4 Å². The van der Waals surface area contributed by atoms with Crippen LogP contribution < -0.4 is 5.73 Å². The molecule has 2 N–H and O–H groups in total. The molecule has 0 aliphatic heterocycles. The molecule has 11 heavy (non-hydrogen) atoms. The molecule has 1 aromatic rings. The van der Waals surface area contributed by atoms with Crippen LogP contribution in [0.2, 0.25) is 0 Å². The molecule has 1 aromatic heterocycles. The zero-order valence-electron chi connectivity index (χ0n) is 6.76. The summed E-state index contributed by atoms with van der Waals surface area (Å²) < 4.78 is 0. The Hall–Kier alpha value is -0.340. The van der Waals surface area contributed by atoms with Gasteiger partial charge in [-0.3, -0.25) is 0 Å². The largest absolute Gasteiger partial charge is 0.323 e. The average Bonchev–Trinajstić information content (AvgIpc) is 2.53. The van der Waals surface area contributed by atoms with Crippen molar-refractivity contribution in [3.8, 4) is 0 Å². The van der Waals surface area contributed by atoms with Crippen molar-refractivity contribution in [3.63, 3.8) is 0 Å². The van der Waals surface area contributed by atoms with E-state index >= 15 is 0 Å². The molecule has 0 aromatic carbocycles. The van der Waals surface area contributed by atoms with E-state index in [2.05, 4.69) is 13.0 Å². The fourth-order valence-electron chi connectivity index (χ4n) is 1.63. The molecule has 1 nitrogen and oxygen atoms in total. The van der Waals surface area contributed by atoms with Gasteiger partial charge in [0.1, 0.15) is 0 Å². The number of nitrogens with two attached hydrogens (primary N) is 1. The van der Waals surface area contributed by atoms with Gasteiger partial charge < -0.3 is 5.73 Å². The van der Waals surface area contributed by atoms with E-state index in [1.165, 1.54) is 21.7 Å². The van der Waals surface area contributed by atoms with Gasteiger partial charge in [-0.1, -0.05) is 6.92 Å². The van der Waals surface area contributed by atoms with Crippen LogP contribution in [0, 0.1) is 0 Å². The third kappa shape index (κ3) is 1.10. The summed E-state index contributed by atoms with van der Waals surface area (Å²) in [5.74, 6) is 0. The molecule has 0 amide bonds. The molecular weight excluding hydrogens is 154 g/mol. The number of hydrogen-bond acceptors (Lipinski definition) is 2. The molecule has 0 saturated carbocycles. The van der Waals surface area contributed by atoms with Gasteiger partial charge in [-0.05, 0) is 30.9 Å². The van der Waals surface area contributed by atoms with Crippen molar-refractivity contribution in [2.45, 2.75) is 32.2 Å². The van der Waals surface area contributed by atoms with Gasteiger partial charge in [0.15, 0.2) is 0 Å². The van der Waals surface area contributed by atoms with Gasteiger partial charge in [0.25, 0.3) is 0 Å². The van der Waals surface area contributed by atoms with E-state index < -0.39 is 0 Å². The summed E-state index contributed by atoms with van der Waals surface area (Å²) >= 11 is 1.91. The summed E-state index contributed by atoms with van der Waals surface area (Å²) in [6.45, 7) is 2.20. The Bertz CT molecular complexity index is 265. The molecule has 1 unspecified atom stereocenters. The lowest BCUT2D eigenvalue weighted by Crippen LogP contribution is -2.03. The maximum atomic E-state index is 5.92. The van der Waals surface area contributed by atoms with Crippen molar-refractivity contribution in [2.75, 3.05) is 0 Å². The fourth-order valence-corrected chi connectivity index (χ4v) is 2.82. The molecule has 1 aliphatic carbocycles. The molecule has 0 spiro atoms. The second-order valence-corrected chi connectivity index (χ2v) is 4.27. The molecular formula is C9H13NS. The maximum absolute atomic E-state index is 5.92. The summed E-state index contributed by atoms with van der Waals surface area (Å²) in [7, 11) is 0. The van der Waals surface area contributed by atoms with Gasteiger partial charge in [0.2, 0.25) is 0 Å². The van der Waals surface area contributed by atoms with Crippen LogP contribution in [0.1, 0.15) is 34.7 Å². The third-order valence-corrected chi connectivity index (χ3v) is 3.76. The highest BCUT2D eigenvalue weighted by Crippen LogP contribution is 2.36. The first-order valence-electron chi connectivity index (χ1n) is 4.18. The number of aryl methyl sites for hydroxylation is 2. The predicted octanol–water partition coefficient (Wildman–Crippen LogP) is 2.26. The molecule has 2 rings (SSSR count). The lowest BCUT2D eigenvalue weighted by molar-refractivity contribution is 0.720. The zero-order valence-corrected chi connectivity index (χ0v) is 7.58.